The second-order valence-electron chi connectivity index (χ2n) is 8.02. The number of aromatic nitrogens is 1. The van der Waals surface area contributed by atoms with Gasteiger partial charge in [0.15, 0.2) is 5.78 Å². The van der Waals surface area contributed by atoms with E-state index in [0.717, 1.165) is 18.7 Å². The summed E-state index contributed by atoms with van der Waals surface area (Å²) in [4.78, 5) is 42.9. The highest BCUT2D eigenvalue weighted by molar-refractivity contribution is 6.00. The number of nitrogens with zero attached hydrogens (tertiary/aromatic N) is 2. The second kappa shape index (κ2) is 7.78. The van der Waals surface area contributed by atoms with Crippen molar-refractivity contribution < 1.29 is 14.4 Å². The van der Waals surface area contributed by atoms with Gasteiger partial charge in [0.1, 0.15) is 5.69 Å². The molecule has 0 radical (unpaired) electrons. The van der Waals surface area contributed by atoms with E-state index in [2.05, 4.69) is 10.3 Å². The first-order valence-electron chi connectivity index (χ1n) is 10.0. The lowest BCUT2D eigenvalue weighted by molar-refractivity contribution is -0.128. The van der Waals surface area contributed by atoms with Gasteiger partial charge < -0.3 is 10.2 Å². The van der Waals surface area contributed by atoms with Crippen molar-refractivity contribution in [3.05, 3.63) is 65.0 Å². The molecule has 1 unspecified atom stereocenters. The van der Waals surface area contributed by atoms with Crippen molar-refractivity contribution in [2.75, 3.05) is 20.1 Å². The van der Waals surface area contributed by atoms with Gasteiger partial charge in [-0.05, 0) is 35.4 Å². The zero-order valence-electron chi connectivity index (χ0n) is 16.7. The van der Waals surface area contributed by atoms with E-state index in [-0.39, 0.29) is 23.3 Å². The first-order valence-corrected chi connectivity index (χ1v) is 10.0. The number of likely N-dealkylation sites (tertiary alicyclic amines) is 1. The third-order valence-corrected chi connectivity index (χ3v) is 6.13. The minimum absolute atomic E-state index is 0.0423. The van der Waals surface area contributed by atoms with Crippen LogP contribution >= 0.6 is 0 Å². The van der Waals surface area contributed by atoms with Crippen LogP contribution in [0.25, 0.3) is 0 Å². The van der Waals surface area contributed by atoms with Crippen molar-refractivity contribution in [2.24, 2.45) is 17.8 Å². The molecular weight excluding hydrogens is 366 g/mol. The minimum atomic E-state index is -0.297. The fraction of sp³-hybridized carbons (Fsp3) is 0.391. The van der Waals surface area contributed by atoms with Gasteiger partial charge in [-0.2, -0.15) is 0 Å². The van der Waals surface area contributed by atoms with Gasteiger partial charge in [-0.15, -0.1) is 0 Å². The van der Waals surface area contributed by atoms with E-state index in [1.54, 1.807) is 20.0 Å². The van der Waals surface area contributed by atoms with E-state index in [4.69, 9.17) is 0 Å². The molecule has 1 saturated carbocycles. The Kier molecular flexibility index (Phi) is 5.18. The molecule has 1 aliphatic heterocycles. The molecule has 0 bridgehead atoms. The number of pyridine rings is 1. The Hall–Kier alpha value is -3.02. The zero-order valence-corrected chi connectivity index (χ0v) is 16.7. The maximum Gasteiger partial charge on any atom is 0.269 e. The Morgan fingerprint density at radius 3 is 2.41 bits per heavy atom. The monoisotopic (exact) mass is 391 g/mol. The maximum absolute atomic E-state index is 13.0. The number of Topliss-reactive ketones (excluding diaryl/α,β-unsaturated/α-hetero) is 1. The lowest BCUT2D eigenvalue weighted by Gasteiger charge is -2.17. The summed E-state index contributed by atoms with van der Waals surface area (Å²) in [5.41, 5.74) is 2.59. The molecule has 6 heteroatoms. The molecule has 2 aromatic rings. The summed E-state index contributed by atoms with van der Waals surface area (Å²) in [6.07, 6.45) is 1.03. The van der Waals surface area contributed by atoms with Crippen LogP contribution in [0.15, 0.2) is 42.5 Å². The molecule has 2 amide bonds. The highest BCUT2D eigenvalue weighted by Gasteiger charge is 2.56. The summed E-state index contributed by atoms with van der Waals surface area (Å²) in [6.45, 7) is 3.12. The first-order chi connectivity index (χ1) is 14.0. The third-order valence-electron chi connectivity index (χ3n) is 6.13. The smallest absolute Gasteiger partial charge is 0.269 e. The lowest BCUT2D eigenvalue weighted by Crippen LogP contribution is -2.29. The number of rotatable bonds is 6. The van der Waals surface area contributed by atoms with Crippen LogP contribution in [0.2, 0.25) is 0 Å². The van der Waals surface area contributed by atoms with Gasteiger partial charge in [-0.25, -0.2) is 4.98 Å². The predicted molar refractivity (Wildman–Crippen MR) is 109 cm³/mol. The summed E-state index contributed by atoms with van der Waals surface area (Å²) in [5, 5.41) is 2.59. The highest BCUT2D eigenvalue weighted by Crippen LogP contribution is 2.53. The Morgan fingerprint density at radius 2 is 1.79 bits per heavy atom. The number of piperidine rings is 1. The molecule has 2 aliphatic rings. The molecule has 6 nitrogen and oxygen atoms in total. The van der Waals surface area contributed by atoms with Gasteiger partial charge in [0, 0.05) is 51.2 Å². The molecule has 2 heterocycles. The molecule has 1 saturated heterocycles. The predicted octanol–water partition coefficient (Wildman–Crippen LogP) is 2.33. The summed E-state index contributed by atoms with van der Waals surface area (Å²) < 4.78 is 0. The molecule has 2 fully saturated rings. The molecule has 3 atom stereocenters. The van der Waals surface area contributed by atoms with E-state index >= 15 is 0 Å². The number of carbonyl (C=O) groups is 3. The Morgan fingerprint density at radius 1 is 1.10 bits per heavy atom. The van der Waals surface area contributed by atoms with Gasteiger partial charge in [0.05, 0.1) is 0 Å². The topological polar surface area (TPSA) is 79.4 Å². The van der Waals surface area contributed by atoms with E-state index in [9.17, 15) is 14.4 Å². The number of amides is 2. The van der Waals surface area contributed by atoms with Crippen LogP contribution < -0.4 is 5.32 Å². The summed E-state index contributed by atoms with van der Waals surface area (Å²) >= 11 is 0. The van der Waals surface area contributed by atoms with E-state index < -0.39 is 0 Å². The van der Waals surface area contributed by atoms with Crippen LogP contribution in [0, 0.1) is 17.8 Å². The van der Waals surface area contributed by atoms with Crippen molar-refractivity contribution in [2.45, 2.75) is 19.8 Å². The Balaban J connectivity index is 1.50. The Bertz CT molecular complexity index is 945. The van der Waals surface area contributed by atoms with Crippen molar-refractivity contribution in [3.8, 4) is 0 Å². The molecule has 150 valence electrons. The van der Waals surface area contributed by atoms with E-state index in [0.29, 0.717) is 41.9 Å². The molecule has 1 aliphatic carbocycles. The largest absolute Gasteiger partial charge is 0.354 e. The van der Waals surface area contributed by atoms with Crippen LogP contribution in [-0.4, -0.2) is 47.6 Å². The van der Waals surface area contributed by atoms with Crippen molar-refractivity contribution in [1.82, 2.24) is 15.2 Å². The van der Waals surface area contributed by atoms with Crippen molar-refractivity contribution in [3.63, 3.8) is 0 Å². The molecule has 1 N–H and O–H groups in total. The number of hydrogen-bond acceptors (Lipinski definition) is 4. The standard InChI is InChI=1S/C23H25N3O3/c1-14(27)26-12-19-18(20(19)13-26)11-22(28)16-9-17(8-15-6-4-3-5-7-15)25-21(10-16)23(29)24-2/h3-7,9-10,18-20H,8,11-13H2,1-2H3,(H,24,29)/t18?,19-,20+. The fourth-order valence-electron chi connectivity index (χ4n) is 4.43. The summed E-state index contributed by atoms with van der Waals surface area (Å²) in [7, 11) is 1.56. The molecule has 4 rings (SSSR count). The molecule has 1 aromatic heterocycles. The van der Waals surface area contributed by atoms with Gasteiger partial charge in [-0.3, -0.25) is 14.4 Å². The summed E-state index contributed by atoms with van der Waals surface area (Å²) in [6, 6.07) is 13.3. The molecule has 0 spiro atoms. The number of benzene rings is 1. The average molecular weight is 391 g/mol. The van der Waals surface area contributed by atoms with Gasteiger partial charge in [0.2, 0.25) is 5.91 Å². The van der Waals surface area contributed by atoms with Crippen LogP contribution in [0.3, 0.4) is 0 Å². The molecular formula is C23H25N3O3. The van der Waals surface area contributed by atoms with Gasteiger partial charge in [-0.1, -0.05) is 30.3 Å². The number of ketones is 1. The second-order valence-corrected chi connectivity index (χ2v) is 8.02. The SMILES string of the molecule is CNC(=O)c1cc(C(=O)CC2[C@H]3CN(C(C)=O)C[C@@H]23)cc(Cc2ccccc2)n1. The van der Waals surface area contributed by atoms with Gasteiger partial charge in [0.25, 0.3) is 5.91 Å². The number of carbonyl (C=O) groups excluding carboxylic acids is 3. The normalized spacial score (nSPS) is 22.1. The third kappa shape index (κ3) is 4.06. The lowest BCUT2D eigenvalue weighted by atomic mass is 10.0. The average Bonchev–Trinajstić information content (AvgIpc) is 3.15. The van der Waals surface area contributed by atoms with E-state index in [1.165, 1.54) is 0 Å². The fourth-order valence-corrected chi connectivity index (χ4v) is 4.43. The highest BCUT2D eigenvalue weighted by atomic mass is 16.2. The first kappa shape index (κ1) is 19.3. The minimum Gasteiger partial charge on any atom is -0.354 e. The zero-order chi connectivity index (χ0) is 20.5. The van der Waals surface area contributed by atoms with Crippen molar-refractivity contribution >= 4 is 17.6 Å². The number of nitrogens with one attached hydrogen (secondary N) is 1. The van der Waals surface area contributed by atoms with Crippen LogP contribution in [0.1, 0.15) is 45.4 Å². The molecule has 29 heavy (non-hydrogen) atoms. The number of fused-ring (bicyclic) bond motifs is 1. The van der Waals surface area contributed by atoms with Crippen molar-refractivity contribution in [1.29, 1.82) is 0 Å². The maximum atomic E-state index is 13.0. The van der Waals surface area contributed by atoms with Gasteiger partial charge >= 0.3 is 0 Å². The van der Waals surface area contributed by atoms with Crippen LogP contribution in [0.4, 0.5) is 0 Å². The van der Waals surface area contributed by atoms with Crippen LogP contribution in [-0.2, 0) is 11.2 Å². The Labute approximate surface area is 170 Å². The van der Waals surface area contributed by atoms with Crippen LogP contribution in [0.5, 0.6) is 0 Å². The number of hydrogen-bond donors (Lipinski definition) is 1. The quantitative estimate of drug-likeness (QED) is 0.767. The summed E-state index contributed by atoms with van der Waals surface area (Å²) in [5.74, 6) is 1.07. The van der Waals surface area contributed by atoms with E-state index in [1.807, 2.05) is 41.3 Å². The molecule has 1 aromatic carbocycles.